The first-order valence-corrected chi connectivity index (χ1v) is 10.5. The second-order valence-corrected chi connectivity index (χ2v) is 7.14. The van der Waals surface area contributed by atoms with Crippen LogP contribution in [0.3, 0.4) is 0 Å². The monoisotopic (exact) mass is 434 g/mol. The molecular weight excluding hydrogens is 408 g/mol. The van der Waals surface area contributed by atoms with E-state index in [2.05, 4.69) is 36.4 Å². The lowest BCUT2D eigenvalue weighted by Gasteiger charge is -2.28. The molecule has 3 aromatic rings. The van der Waals surface area contributed by atoms with Gasteiger partial charge in [-0.1, -0.05) is 35.9 Å². The summed E-state index contributed by atoms with van der Waals surface area (Å²) in [5, 5.41) is 4.32. The molecule has 9 heteroatoms. The lowest BCUT2D eigenvalue weighted by molar-refractivity contribution is 0.122. The van der Waals surface area contributed by atoms with Crippen LogP contribution in [0.5, 0.6) is 11.9 Å². The molecule has 0 atom stereocenters. The Morgan fingerprint density at radius 1 is 1.06 bits per heavy atom. The number of hydrogen-bond acceptors (Lipinski definition) is 9. The van der Waals surface area contributed by atoms with Gasteiger partial charge >= 0.3 is 6.01 Å². The van der Waals surface area contributed by atoms with E-state index in [0.29, 0.717) is 31.5 Å². The minimum Gasteiger partial charge on any atom is -0.474 e. The first kappa shape index (κ1) is 21.5. The molecular formula is C23H26N6O3. The van der Waals surface area contributed by atoms with E-state index in [-0.39, 0.29) is 12.6 Å². The Morgan fingerprint density at radius 3 is 2.75 bits per heavy atom. The van der Waals surface area contributed by atoms with Gasteiger partial charge in [0.25, 0.3) is 0 Å². The van der Waals surface area contributed by atoms with Gasteiger partial charge in [0.05, 0.1) is 19.4 Å². The third kappa shape index (κ3) is 6.39. The highest BCUT2D eigenvalue weighted by molar-refractivity contribution is 5.80. The lowest BCUT2D eigenvalue weighted by Crippen LogP contribution is -2.36. The first-order chi connectivity index (χ1) is 15.8. The third-order valence-corrected chi connectivity index (χ3v) is 4.66. The number of ether oxygens (including phenoxy) is 3. The Kier molecular flexibility index (Phi) is 7.43. The molecule has 2 aromatic heterocycles. The van der Waals surface area contributed by atoms with Crippen LogP contribution < -0.4 is 19.8 Å². The molecule has 0 aliphatic carbocycles. The van der Waals surface area contributed by atoms with Crippen LogP contribution in [0.15, 0.2) is 59.8 Å². The van der Waals surface area contributed by atoms with Crippen LogP contribution in [0.2, 0.25) is 0 Å². The van der Waals surface area contributed by atoms with Gasteiger partial charge in [-0.2, -0.15) is 15.1 Å². The van der Waals surface area contributed by atoms with Crippen LogP contribution in [-0.4, -0.2) is 60.7 Å². The van der Waals surface area contributed by atoms with Crippen LogP contribution in [0.25, 0.3) is 0 Å². The van der Waals surface area contributed by atoms with Crippen molar-refractivity contribution in [1.29, 1.82) is 0 Å². The topological polar surface area (TPSA) is 94.0 Å². The molecule has 32 heavy (non-hydrogen) atoms. The maximum atomic E-state index is 5.76. The molecule has 0 unspecified atom stereocenters. The Balaban J connectivity index is 1.42. The summed E-state index contributed by atoms with van der Waals surface area (Å²) in [6.45, 7) is 5.49. The fourth-order valence-corrected chi connectivity index (χ4v) is 3.12. The van der Waals surface area contributed by atoms with Crippen molar-refractivity contribution >= 4 is 17.9 Å². The largest absolute Gasteiger partial charge is 0.474 e. The van der Waals surface area contributed by atoms with Crippen LogP contribution in [0, 0.1) is 6.92 Å². The first-order valence-electron chi connectivity index (χ1n) is 10.5. The highest BCUT2D eigenvalue weighted by Crippen LogP contribution is 2.20. The number of nitrogens with zero attached hydrogens (tertiary/aromatic N) is 5. The summed E-state index contributed by atoms with van der Waals surface area (Å²) in [5.41, 5.74) is 5.17. The maximum Gasteiger partial charge on any atom is 0.320 e. The normalized spacial score (nSPS) is 13.8. The van der Waals surface area contributed by atoms with Crippen LogP contribution >= 0.6 is 0 Å². The number of nitrogens with one attached hydrogen (secondary N) is 1. The van der Waals surface area contributed by atoms with E-state index >= 15 is 0 Å². The molecule has 0 amide bonds. The molecule has 0 radical (unpaired) electrons. The van der Waals surface area contributed by atoms with Gasteiger partial charge in [0.1, 0.15) is 19.0 Å². The molecule has 0 bridgehead atoms. The number of hydrogen-bond donors (Lipinski definition) is 1. The van der Waals surface area contributed by atoms with Crippen LogP contribution in [0.4, 0.5) is 11.6 Å². The number of aryl methyl sites for hydroxylation is 1. The van der Waals surface area contributed by atoms with Gasteiger partial charge in [-0.25, -0.2) is 4.98 Å². The molecule has 4 rings (SSSR count). The zero-order valence-electron chi connectivity index (χ0n) is 18.0. The summed E-state index contributed by atoms with van der Waals surface area (Å²) in [4.78, 5) is 15.2. The van der Waals surface area contributed by atoms with Crippen molar-refractivity contribution in [2.45, 2.75) is 6.92 Å². The van der Waals surface area contributed by atoms with Crippen LogP contribution in [0.1, 0.15) is 11.1 Å². The van der Waals surface area contributed by atoms with E-state index in [1.165, 1.54) is 5.56 Å². The Hall–Kier alpha value is -3.72. The van der Waals surface area contributed by atoms with E-state index < -0.39 is 0 Å². The Labute approximate surface area is 187 Å². The average molecular weight is 435 g/mol. The maximum absolute atomic E-state index is 5.76. The molecule has 1 aliphatic rings. The van der Waals surface area contributed by atoms with Gasteiger partial charge in [-0.3, -0.25) is 5.43 Å². The second kappa shape index (κ2) is 11.1. The van der Waals surface area contributed by atoms with Gasteiger partial charge < -0.3 is 19.1 Å². The van der Waals surface area contributed by atoms with E-state index in [9.17, 15) is 0 Å². The molecule has 0 saturated carbocycles. The van der Waals surface area contributed by atoms with Gasteiger partial charge in [-0.05, 0) is 18.6 Å². The molecule has 0 spiro atoms. The van der Waals surface area contributed by atoms with Crippen molar-refractivity contribution in [3.05, 3.63) is 65.9 Å². The summed E-state index contributed by atoms with van der Waals surface area (Å²) in [5.74, 6) is 1.86. The minimum atomic E-state index is 0.256. The Bertz CT molecular complexity index is 1030. The van der Waals surface area contributed by atoms with Crippen molar-refractivity contribution in [3.63, 3.8) is 0 Å². The number of pyridine rings is 1. The number of hydrazone groups is 1. The number of anilines is 2. The molecule has 1 aliphatic heterocycles. The number of aromatic nitrogens is 3. The molecule has 1 fully saturated rings. The van der Waals surface area contributed by atoms with Crippen LogP contribution in [-0.2, 0) is 4.74 Å². The number of benzene rings is 1. The highest BCUT2D eigenvalue weighted by atomic mass is 16.5. The second-order valence-electron chi connectivity index (χ2n) is 7.14. The summed E-state index contributed by atoms with van der Waals surface area (Å²) in [6.07, 6.45) is 3.44. The fraction of sp³-hybridized carbons (Fsp3) is 0.304. The molecule has 1 N–H and O–H groups in total. The zero-order valence-corrected chi connectivity index (χ0v) is 18.0. The number of morpholine rings is 1. The highest BCUT2D eigenvalue weighted by Gasteiger charge is 2.15. The minimum absolute atomic E-state index is 0.256. The van der Waals surface area contributed by atoms with Crippen molar-refractivity contribution in [1.82, 2.24) is 15.0 Å². The molecule has 9 nitrogen and oxygen atoms in total. The molecule has 3 heterocycles. The van der Waals surface area contributed by atoms with Gasteiger partial charge in [-0.15, -0.1) is 0 Å². The summed E-state index contributed by atoms with van der Waals surface area (Å²) < 4.78 is 16.8. The quantitative estimate of drug-likeness (QED) is 0.312. The summed E-state index contributed by atoms with van der Waals surface area (Å²) >= 11 is 0. The van der Waals surface area contributed by atoms with Gasteiger partial charge in [0.2, 0.25) is 5.88 Å². The molecule has 166 valence electrons. The van der Waals surface area contributed by atoms with Crippen molar-refractivity contribution in [2.75, 3.05) is 49.8 Å². The van der Waals surface area contributed by atoms with E-state index in [1.54, 1.807) is 18.5 Å². The van der Waals surface area contributed by atoms with Gasteiger partial charge in [0, 0.05) is 31.4 Å². The Morgan fingerprint density at radius 2 is 1.94 bits per heavy atom. The van der Waals surface area contributed by atoms with Crippen molar-refractivity contribution in [3.8, 4) is 11.9 Å². The number of rotatable bonds is 9. The summed E-state index contributed by atoms with van der Waals surface area (Å²) in [6, 6.07) is 15.7. The molecule has 1 aromatic carbocycles. The predicted octanol–water partition coefficient (Wildman–Crippen LogP) is 2.92. The zero-order chi connectivity index (χ0) is 22.0. The fourth-order valence-electron chi connectivity index (χ4n) is 3.12. The van der Waals surface area contributed by atoms with E-state index in [0.717, 1.165) is 24.5 Å². The SMILES string of the molecule is Cc1cccc(C=NNc2cc(N3CCOCC3)nc(OCCOc3ccccn3)n2)c1. The van der Waals surface area contributed by atoms with Crippen molar-refractivity contribution in [2.24, 2.45) is 5.10 Å². The summed E-state index contributed by atoms with van der Waals surface area (Å²) in [7, 11) is 0. The van der Waals surface area contributed by atoms with Gasteiger partial charge in [0.15, 0.2) is 5.82 Å². The standard InChI is InChI=1S/C23H26N6O3/c1-18-5-4-6-19(15-18)17-25-28-20-16-21(29-9-11-30-12-10-29)27-23(26-20)32-14-13-31-22-7-2-3-8-24-22/h2-8,15-17H,9-14H2,1H3,(H,26,27,28). The smallest absolute Gasteiger partial charge is 0.320 e. The lowest BCUT2D eigenvalue weighted by atomic mass is 10.2. The van der Waals surface area contributed by atoms with E-state index in [4.69, 9.17) is 14.2 Å². The van der Waals surface area contributed by atoms with Crippen molar-refractivity contribution < 1.29 is 14.2 Å². The average Bonchev–Trinajstić information content (AvgIpc) is 2.83. The van der Waals surface area contributed by atoms with E-state index in [1.807, 2.05) is 43.3 Å². The predicted molar refractivity (Wildman–Crippen MR) is 123 cm³/mol. The molecule has 1 saturated heterocycles. The third-order valence-electron chi connectivity index (χ3n) is 4.66.